The molecule has 3 saturated carbocycles. The van der Waals surface area contributed by atoms with Crippen molar-refractivity contribution < 1.29 is 14.6 Å². The number of hydrogen-bond donors (Lipinski definition) is 2. The van der Waals surface area contributed by atoms with E-state index in [4.69, 9.17) is 0 Å². The fraction of sp³-hybridized carbons (Fsp3) is 0.923. The molecule has 0 radical (unpaired) electrons. The smallest absolute Gasteiger partial charge is 0.118 e. The highest BCUT2D eigenvalue weighted by molar-refractivity contribution is 5.22. The minimum atomic E-state index is -1.09. The van der Waals surface area contributed by atoms with Crippen LogP contribution in [0, 0.1) is 40.9 Å². The maximum absolute atomic E-state index is 13.3. The largest absolute Gasteiger partial charge is 0.390 e. The van der Waals surface area contributed by atoms with Crippen LogP contribution >= 0.6 is 0 Å². The number of fused-ring (bicyclic) bond motifs is 5. The highest BCUT2D eigenvalue weighted by Gasteiger charge is 2.57. The summed E-state index contributed by atoms with van der Waals surface area (Å²) in [4.78, 5) is 0. The summed E-state index contributed by atoms with van der Waals surface area (Å²) in [5.74, 6) is 4.40. The van der Waals surface area contributed by atoms with Crippen molar-refractivity contribution in [2.45, 2.75) is 103 Å². The highest BCUT2D eigenvalue weighted by atomic mass is 19.1. The van der Waals surface area contributed by atoms with E-state index in [1.54, 1.807) is 0 Å². The molecule has 4 aliphatic rings. The topological polar surface area (TPSA) is 40.5 Å². The van der Waals surface area contributed by atoms with Crippen molar-refractivity contribution in [2.75, 3.05) is 6.67 Å². The van der Waals surface area contributed by atoms with Gasteiger partial charge in [-0.1, -0.05) is 25.5 Å². The Balaban J connectivity index is 1.48. The molecule has 0 heterocycles. The van der Waals surface area contributed by atoms with E-state index in [0.29, 0.717) is 30.1 Å². The Kier molecular flexibility index (Phi) is 5.73. The number of halogens is 1. The molecule has 2 N–H and O–H groups in total. The molecule has 0 bridgehead atoms. The molecule has 0 amide bonds. The molecule has 3 heteroatoms. The van der Waals surface area contributed by atoms with Gasteiger partial charge < -0.3 is 10.2 Å². The van der Waals surface area contributed by atoms with Crippen LogP contribution in [0.25, 0.3) is 0 Å². The van der Waals surface area contributed by atoms with Crippen molar-refractivity contribution in [3.63, 3.8) is 0 Å². The standard InChI is InChI=1S/C26H43FO2/c1-17(9-12-24(2,3)28)22-7-8-23-21-6-5-18-15-26(29,16-27)14-11-19(18)20(21)10-13-25(22,23)4/h5,17,19-23,28-29H,6-16H2,1-4H3/t17?,19-,20?,21?,22+,23?,25?,26-/m0/s1. The van der Waals surface area contributed by atoms with Crippen molar-refractivity contribution >= 4 is 0 Å². The molecule has 8 atom stereocenters. The molecule has 4 aliphatic carbocycles. The van der Waals surface area contributed by atoms with Crippen LogP contribution in [0.4, 0.5) is 4.39 Å². The van der Waals surface area contributed by atoms with E-state index < -0.39 is 17.9 Å². The van der Waals surface area contributed by atoms with Crippen molar-refractivity contribution in [3.8, 4) is 0 Å². The van der Waals surface area contributed by atoms with Crippen molar-refractivity contribution in [2.24, 2.45) is 40.9 Å². The van der Waals surface area contributed by atoms with Crippen molar-refractivity contribution in [1.29, 1.82) is 0 Å². The van der Waals surface area contributed by atoms with E-state index >= 15 is 0 Å². The van der Waals surface area contributed by atoms with Gasteiger partial charge in [0.15, 0.2) is 0 Å². The molecular weight excluding hydrogens is 363 g/mol. The first-order chi connectivity index (χ1) is 13.6. The molecule has 0 aliphatic heterocycles. The lowest BCUT2D eigenvalue weighted by atomic mass is 9.50. The molecule has 0 saturated heterocycles. The quantitative estimate of drug-likeness (QED) is 0.545. The Morgan fingerprint density at radius 3 is 2.62 bits per heavy atom. The molecule has 0 aromatic rings. The Bertz CT molecular complexity index is 637. The van der Waals surface area contributed by atoms with Crippen LogP contribution in [0.2, 0.25) is 0 Å². The monoisotopic (exact) mass is 406 g/mol. The fourth-order valence-electron chi connectivity index (χ4n) is 8.24. The van der Waals surface area contributed by atoms with Gasteiger partial charge in [0, 0.05) is 0 Å². The Morgan fingerprint density at radius 1 is 1.17 bits per heavy atom. The average Bonchev–Trinajstić information content (AvgIpc) is 3.02. The molecule has 3 fully saturated rings. The van der Waals surface area contributed by atoms with Crippen LogP contribution in [0.3, 0.4) is 0 Å². The maximum Gasteiger partial charge on any atom is 0.118 e. The first kappa shape index (κ1) is 21.8. The zero-order valence-electron chi connectivity index (χ0n) is 19.1. The van der Waals surface area contributed by atoms with Gasteiger partial charge in [0.25, 0.3) is 0 Å². The third-order valence-corrected chi connectivity index (χ3v) is 9.81. The van der Waals surface area contributed by atoms with Crippen LogP contribution < -0.4 is 0 Å². The fourth-order valence-corrected chi connectivity index (χ4v) is 8.24. The van der Waals surface area contributed by atoms with Gasteiger partial charge >= 0.3 is 0 Å². The predicted molar refractivity (Wildman–Crippen MR) is 116 cm³/mol. The van der Waals surface area contributed by atoms with Crippen molar-refractivity contribution in [3.05, 3.63) is 11.6 Å². The molecule has 2 nitrogen and oxygen atoms in total. The van der Waals surface area contributed by atoms with Gasteiger partial charge in [-0.05, 0) is 119 Å². The second kappa shape index (κ2) is 7.62. The summed E-state index contributed by atoms with van der Waals surface area (Å²) in [5, 5.41) is 20.7. The number of hydrogen-bond acceptors (Lipinski definition) is 2. The Labute approximate surface area is 177 Å². The SMILES string of the molecule is CC(CCC(C)(C)O)[C@H]1CCC2C3CC=C4C[C@](O)(CF)CC[C@@H]4C3CCC21C. The van der Waals surface area contributed by atoms with Gasteiger partial charge in [-0.3, -0.25) is 0 Å². The van der Waals surface area contributed by atoms with Crippen LogP contribution in [0.5, 0.6) is 0 Å². The minimum absolute atomic E-state index is 0.444. The van der Waals surface area contributed by atoms with Crippen LogP contribution in [0.1, 0.15) is 91.9 Å². The van der Waals surface area contributed by atoms with Gasteiger partial charge in [-0.25, -0.2) is 4.39 Å². The normalized spacial score (nSPS) is 45.8. The van der Waals surface area contributed by atoms with Crippen LogP contribution in [0.15, 0.2) is 11.6 Å². The van der Waals surface area contributed by atoms with E-state index in [9.17, 15) is 14.6 Å². The third kappa shape index (κ3) is 3.95. The first-order valence-corrected chi connectivity index (χ1v) is 12.3. The molecule has 5 unspecified atom stereocenters. The van der Waals surface area contributed by atoms with Gasteiger partial charge in [0.05, 0.1) is 11.2 Å². The van der Waals surface area contributed by atoms with Gasteiger partial charge in [-0.2, -0.15) is 0 Å². The summed E-state index contributed by atoms with van der Waals surface area (Å²) in [7, 11) is 0. The molecule has 166 valence electrons. The summed E-state index contributed by atoms with van der Waals surface area (Å²) in [5.41, 5.74) is 0.166. The number of aliphatic hydroxyl groups is 2. The predicted octanol–water partition coefficient (Wildman–Crippen LogP) is 6.06. The van der Waals surface area contributed by atoms with E-state index in [2.05, 4.69) is 19.9 Å². The third-order valence-electron chi connectivity index (χ3n) is 9.81. The number of rotatable bonds is 5. The van der Waals surface area contributed by atoms with Crippen molar-refractivity contribution in [1.82, 2.24) is 0 Å². The number of allylic oxidation sites excluding steroid dienone is 1. The second-order valence-corrected chi connectivity index (χ2v) is 12.2. The van der Waals surface area contributed by atoms with Crippen LogP contribution in [-0.4, -0.2) is 28.1 Å². The first-order valence-electron chi connectivity index (χ1n) is 12.3. The Hall–Kier alpha value is -0.410. The molecule has 4 rings (SSSR count). The maximum atomic E-state index is 13.3. The van der Waals surface area contributed by atoms with Gasteiger partial charge in [0.2, 0.25) is 0 Å². The van der Waals surface area contributed by atoms with E-state index in [-0.39, 0.29) is 0 Å². The van der Waals surface area contributed by atoms with Gasteiger partial charge in [-0.15, -0.1) is 0 Å². The average molecular weight is 407 g/mol. The molecular formula is C26H43FO2. The zero-order chi connectivity index (χ0) is 21.0. The second-order valence-electron chi connectivity index (χ2n) is 12.2. The molecule has 0 aromatic heterocycles. The summed E-state index contributed by atoms with van der Waals surface area (Å²) in [6.45, 7) is 8.27. The van der Waals surface area contributed by atoms with E-state index in [0.717, 1.165) is 49.4 Å². The molecule has 0 spiro atoms. The molecule has 29 heavy (non-hydrogen) atoms. The van der Waals surface area contributed by atoms with Gasteiger partial charge in [0.1, 0.15) is 6.67 Å². The minimum Gasteiger partial charge on any atom is -0.390 e. The lowest BCUT2D eigenvalue weighted by Crippen LogP contribution is -2.48. The zero-order valence-corrected chi connectivity index (χ0v) is 19.1. The summed E-state index contributed by atoms with van der Waals surface area (Å²) < 4.78 is 13.3. The summed E-state index contributed by atoms with van der Waals surface area (Å²) >= 11 is 0. The van der Waals surface area contributed by atoms with Crippen LogP contribution in [-0.2, 0) is 0 Å². The lowest BCUT2D eigenvalue weighted by molar-refractivity contribution is -0.0523. The highest BCUT2D eigenvalue weighted by Crippen LogP contribution is 2.65. The van der Waals surface area contributed by atoms with E-state index in [1.165, 1.54) is 31.3 Å². The number of alkyl halides is 1. The molecule has 0 aromatic carbocycles. The van der Waals surface area contributed by atoms with E-state index in [1.807, 2.05) is 13.8 Å². The Morgan fingerprint density at radius 2 is 1.93 bits per heavy atom. The summed E-state index contributed by atoms with van der Waals surface area (Å²) in [6, 6.07) is 0. The summed E-state index contributed by atoms with van der Waals surface area (Å²) in [6.07, 6.45) is 13.1. The lowest BCUT2D eigenvalue weighted by Gasteiger charge is -2.55.